The normalized spacial score (nSPS) is 17.1. The van der Waals surface area contributed by atoms with Gasteiger partial charge in [-0.2, -0.15) is 26.3 Å². The lowest BCUT2D eigenvalue weighted by atomic mass is 9.59. The Morgan fingerprint density at radius 2 is 1.11 bits per heavy atom. The quantitative estimate of drug-likeness (QED) is 0.306. The molecule has 3 aromatic carbocycles. The van der Waals surface area contributed by atoms with Crippen LogP contribution in [0.2, 0.25) is 0 Å². The SMILES string of the molecule is CN(C)c1ccc2c(c1)C(C(F)(F)F)(C(F)(F)F)c1cc(N(C)C)ccc1C21OC(=O)c2ccccc21. The van der Waals surface area contributed by atoms with E-state index < -0.39 is 40.5 Å². The van der Waals surface area contributed by atoms with Crippen LogP contribution < -0.4 is 9.80 Å². The number of rotatable bonds is 2. The van der Waals surface area contributed by atoms with Crippen molar-refractivity contribution in [3.8, 4) is 0 Å². The van der Waals surface area contributed by atoms with E-state index in [0.717, 1.165) is 12.1 Å². The van der Waals surface area contributed by atoms with Crippen LogP contribution in [0, 0.1) is 0 Å². The van der Waals surface area contributed by atoms with Gasteiger partial charge in [0.15, 0.2) is 5.60 Å². The van der Waals surface area contributed by atoms with Crippen LogP contribution in [0.4, 0.5) is 37.7 Å². The van der Waals surface area contributed by atoms with Gasteiger partial charge in [0.25, 0.3) is 0 Å². The maximum Gasteiger partial charge on any atom is 0.411 e. The molecule has 0 atom stereocenters. The summed E-state index contributed by atoms with van der Waals surface area (Å²) in [7, 11) is 6.08. The first kappa shape index (κ1) is 25.0. The van der Waals surface area contributed by atoms with Gasteiger partial charge < -0.3 is 14.5 Å². The minimum Gasteiger partial charge on any atom is -0.441 e. The van der Waals surface area contributed by atoms with Crippen molar-refractivity contribution in [1.29, 1.82) is 0 Å². The summed E-state index contributed by atoms with van der Waals surface area (Å²) in [6, 6.07) is 13.1. The second kappa shape index (κ2) is 7.66. The molecule has 0 saturated carbocycles. The Kier molecular flexibility index (Phi) is 5.17. The Balaban J connectivity index is 2.05. The van der Waals surface area contributed by atoms with Crippen molar-refractivity contribution >= 4 is 17.3 Å². The molecule has 0 unspecified atom stereocenters. The second-order valence-electron chi connectivity index (χ2n) is 9.61. The maximum absolute atomic E-state index is 15.1. The topological polar surface area (TPSA) is 32.8 Å². The lowest BCUT2D eigenvalue weighted by Crippen LogP contribution is -2.59. The molecular weight excluding hydrogens is 498 g/mol. The zero-order chi connectivity index (χ0) is 27.1. The van der Waals surface area contributed by atoms with Gasteiger partial charge in [0.05, 0.1) is 5.56 Å². The molecule has 194 valence electrons. The summed E-state index contributed by atoms with van der Waals surface area (Å²) in [4.78, 5) is 15.8. The van der Waals surface area contributed by atoms with Crippen LogP contribution in [0.3, 0.4) is 0 Å². The van der Waals surface area contributed by atoms with Gasteiger partial charge in [0.2, 0.25) is 5.41 Å². The first-order valence-corrected chi connectivity index (χ1v) is 11.3. The van der Waals surface area contributed by atoms with Crippen molar-refractivity contribution in [2.24, 2.45) is 0 Å². The van der Waals surface area contributed by atoms with Crippen LogP contribution >= 0.6 is 0 Å². The number of hydrogen-bond donors (Lipinski definition) is 0. The van der Waals surface area contributed by atoms with Gasteiger partial charge in [0.1, 0.15) is 0 Å². The van der Waals surface area contributed by atoms with Gasteiger partial charge in [-0.05, 0) is 41.5 Å². The third kappa shape index (κ3) is 3.07. The number of ether oxygens (including phenoxy) is 1. The zero-order valence-corrected chi connectivity index (χ0v) is 20.3. The molecule has 0 amide bonds. The molecule has 0 bridgehead atoms. The number of carbonyl (C=O) groups excluding carboxylic acids is 1. The second-order valence-corrected chi connectivity index (χ2v) is 9.61. The van der Waals surface area contributed by atoms with Crippen LogP contribution in [0.25, 0.3) is 0 Å². The number of anilines is 2. The minimum atomic E-state index is -5.78. The van der Waals surface area contributed by atoms with Crippen LogP contribution in [0.5, 0.6) is 0 Å². The molecule has 1 heterocycles. The fraction of sp³-hybridized carbons (Fsp3) is 0.296. The van der Waals surface area contributed by atoms with E-state index in [1.54, 1.807) is 12.1 Å². The Morgan fingerprint density at radius 1 is 0.649 bits per heavy atom. The van der Waals surface area contributed by atoms with E-state index in [1.165, 1.54) is 74.4 Å². The highest BCUT2D eigenvalue weighted by Gasteiger charge is 2.77. The molecule has 4 nitrogen and oxygen atoms in total. The summed E-state index contributed by atoms with van der Waals surface area (Å²) in [5, 5.41) is 0. The number of esters is 1. The molecule has 0 aromatic heterocycles. The maximum atomic E-state index is 15.1. The Hall–Kier alpha value is -3.69. The van der Waals surface area contributed by atoms with Crippen molar-refractivity contribution in [2.45, 2.75) is 23.4 Å². The number of hydrogen-bond acceptors (Lipinski definition) is 4. The fourth-order valence-corrected chi connectivity index (χ4v) is 5.53. The summed E-state index contributed by atoms with van der Waals surface area (Å²) in [5.41, 5.74) is -8.62. The van der Waals surface area contributed by atoms with Crippen molar-refractivity contribution in [1.82, 2.24) is 0 Å². The van der Waals surface area contributed by atoms with Gasteiger partial charge >= 0.3 is 18.3 Å². The fourth-order valence-electron chi connectivity index (χ4n) is 5.53. The number of nitrogens with zero attached hydrogens (tertiary/aromatic N) is 2. The van der Waals surface area contributed by atoms with E-state index >= 15 is 26.3 Å². The van der Waals surface area contributed by atoms with Crippen molar-refractivity contribution in [2.75, 3.05) is 38.0 Å². The first-order chi connectivity index (χ1) is 17.2. The minimum absolute atomic E-state index is 0.0827. The number of benzene rings is 3. The lowest BCUT2D eigenvalue weighted by Gasteiger charge is -2.48. The van der Waals surface area contributed by atoms with Crippen molar-refractivity contribution < 1.29 is 35.9 Å². The van der Waals surface area contributed by atoms with Gasteiger partial charge in [-0.15, -0.1) is 0 Å². The number of carbonyl (C=O) groups is 1. The van der Waals surface area contributed by atoms with E-state index in [1.807, 2.05) is 0 Å². The molecule has 0 N–H and O–H groups in total. The van der Waals surface area contributed by atoms with Crippen molar-refractivity contribution in [3.63, 3.8) is 0 Å². The molecule has 10 heteroatoms. The predicted octanol–water partition coefficient (Wildman–Crippen LogP) is 6.01. The third-order valence-corrected chi connectivity index (χ3v) is 7.23. The van der Waals surface area contributed by atoms with Crippen LogP contribution in [-0.2, 0) is 15.8 Å². The van der Waals surface area contributed by atoms with Gasteiger partial charge in [-0.1, -0.05) is 30.3 Å². The molecule has 37 heavy (non-hydrogen) atoms. The average molecular weight is 520 g/mol. The van der Waals surface area contributed by atoms with E-state index in [0.29, 0.717) is 0 Å². The van der Waals surface area contributed by atoms with Crippen LogP contribution in [-0.4, -0.2) is 46.5 Å². The van der Waals surface area contributed by atoms with Gasteiger partial charge in [-0.25, -0.2) is 4.79 Å². The summed E-state index contributed by atoms with van der Waals surface area (Å²) in [6.45, 7) is 0. The summed E-state index contributed by atoms with van der Waals surface area (Å²) in [6.07, 6.45) is -11.6. The Labute approximate surface area is 209 Å². The molecule has 1 aliphatic carbocycles. The molecule has 0 saturated heterocycles. The standard InChI is InChI=1S/C27H22F6N2O2/c1-34(2)15-9-11-19-21(13-15)25(26(28,29)30,27(31,32)33)22-14-16(35(3)4)10-12-20(22)24(19)18-8-6-5-7-17(18)23(36)37-24/h5-14H,1-4H3. The smallest absolute Gasteiger partial charge is 0.411 e. The molecule has 3 aromatic rings. The Bertz CT molecular complexity index is 1350. The summed E-state index contributed by atoms with van der Waals surface area (Å²) >= 11 is 0. The van der Waals surface area contributed by atoms with E-state index in [2.05, 4.69) is 0 Å². The highest BCUT2D eigenvalue weighted by Crippen LogP contribution is 2.65. The highest BCUT2D eigenvalue weighted by molar-refractivity contribution is 5.97. The molecular formula is C27H22F6N2O2. The Morgan fingerprint density at radius 3 is 1.54 bits per heavy atom. The first-order valence-electron chi connectivity index (χ1n) is 11.3. The highest BCUT2D eigenvalue weighted by atomic mass is 19.4. The zero-order valence-electron chi connectivity index (χ0n) is 20.3. The largest absolute Gasteiger partial charge is 0.441 e. The average Bonchev–Trinajstić information content (AvgIpc) is 3.10. The molecule has 1 aliphatic heterocycles. The molecule has 2 aliphatic rings. The van der Waals surface area contributed by atoms with Gasteiger partial charge in [0, 0.05) is 56.3 Å². The van der Waals surface area contributed by atoms with E-state index in [-0.39, 0.29) is 33.6 Å². The molecule has 1 spiro atoms. The molecule has 0 fully saturated rings. The number of fused-ring (bicyclic) bond motifs is 6. The van der Waals surface area contributed by atoms with E-state index in [4.69, 9.17) is 4.74 Å². The van der Waals surface area contributed by atoms with Gasteiger partial charge in [-0.3, -0.25) is 0 Å². The number of alkyl halides is 6. The predicted molar refractivity (Wildman–Crippen MR) is 126 cm³/mol. The number of halogens is 6. The monoisotopic (exact) mass is 520 g/mol. The van der Waals surface area contributed by atoms with Crippen LogP contribution in [0.1, 0.15) is 38.2 Å². The molecule has 5 rings (SSSR count). The van der Waals surface area contributed by atoms with E-state index in [9.17, 15) is 4.79 Å². The summed E-state index contributed by atoms with van der Waals surface area (Å²) < 4.78 is 96.5. The lowest BCUT2D eigenvalue weighted by molar-refractivity contribution is -0.290. The van der Waals surface area contributed by atoms with Crippen molar-refractivity contribution in [3.05, 3.63) is 94.0 Å². The van der Waals surface area contributed by atoms with Crippen LogP contribution in [0.15, 0.2) is 60.7 Å². The molecule has 0 radical (unpaired) electrons. The summed E-state index contributed by atoms with van der Waals surface area (Å²) in [5.74, 6) is -0.826. The third-order valence-electron chi connectivity index (χ3n) is 7.23.